The quantitative estimate of drug-likeness (QED) is 0.923. The molecule has 2 heterocycles. The summed E-state index contributed by atoms with van der Waals surface area (Å²) in [4.78, 5) is 14.9. The van der Waals surface area contributed by atoms with Crippen LogP contribution in [0, 0.1) is 11.7 Å². The summed E-state index contributed by atoms with van der Waals surface area (Å²) in [6.45, 7) is 3.71. The Kier molecular flexibility index (Phi) is 4.11. The standard InChI is InChI=1S/C16H18FN3OS/c1-10-5-7-20(8-6-10)16(21)15-13(18)14(19-22-15)11-3-2-4-12(17)9-11/h2-4,9-10H,5-8,18H2,1H3. The van der Waals surface area contributed by atoms with Crippen molar-refractivity contribution >= 4 is 23.1 Å². The zero-order chi connectivity index (χ0) is 15.7. The van der Waals surface area contributed by atoms with E-state index in [0.29, 0.717) is 27.7 Å². The summed E-state index contributed by atoms with van der Waals surface area (Å²) >= 11 is 1.09. The van der Waals surface area contributed by atoms with E-state index in [1.165, 1.54) is 12.1 Å². The molecule has 1 fully saturated rings. The highest BCUT2D eigenvalue weighted by atomic mass is 32.1. The lowest BCUT2D eigenvalue weighted by atomic mass is 9.99. The first kappa shape index (κ1) is 15.0. The Balaban J connectivity index is 1.85. The van der Waals surface area contributed by atoms with Gasteiger partial charge in [-0.3, -0.25) is 4.79 Å². The van der Waals surface area contributed by atoms with Crippen LogP contribution in [-0.2, 0) is 0 Å². The second kappa shape index (κ2) is 6.04. The molecule has 6 heteroatoms. The Hall–Kier alpha value is -1.95. The second-order valence-electron chi connectivity index (χ2n) is 5.76. The highest BCUT2D eigenvalue weighted by Gasteiger charge is 2.26. The lowest BCUT2D eigenvalue weighted by Gasteiger charge is -2.29. The molecule has 2 N–H and O–H groups in total. The van der Waals surface area contributed by atoms with Crippen molar-refractivity contribution in [2.45, 2.75) is 19.8 Å². The maximum atomic E-state index is 13.3. The summed E-state index contributed by atoms with van der Waals surface area (Å²) in [7, 11) is 0. The number of aromatic nitrogens is 1. The van der Waals surface area contributed by atoms with Gasteiger partial charge in [0.05, 0.1) is 5.69 Å². The van der Waals surface area contributed by atoms with Gasteiger partial charge < -0.3 is 10.6 Å². The van der Waals surface area contributed by atoms with Gasteiger partial charge in [0.2, 0.25) is 0 Å². The van der Waals surface area contributed by atoms with E-state index >= 15 is 0 Å². The van der Waals surface area contributed by atoms with E-state index in [1.54, 1.807) is 12.1 Å². The number of halogens is 1. The minimum absolute atomic E-state index is 0.0652. The van der Waals surface area contributed by atoms with Crippen LogP contribution in [0.25, 0.3) is 11.3 Å². The summed E-state index contributed by atoms with van der Waals surface area (Å²) in [5, 5.41) is 0. The average Bonchev–Trinajstić information content (AvgIpc) is 2.89. The van der Waals surface area contributed by atoms with Gasteiger partial charge in [-0.1, -0.05) is 19.1 Å². The number of rotatable bonds is 2. The van der Waals surface area contributed by atoms with Crippen LogP contribution in [0.2, 0.25) is 0 Å². The molecule has 0 spiro atoms. The Morgan fingerprint density at radius 3 is 2.82 bits per heavy atom. The largest absolute Gasteiger partial charge is 0.396 e. The maximum Gasteiger partial charge on any atom is 0.267 e. The van der Waals surface area contributed by atoms with E-state index in [-0.39, 0.29) is 11.7 Å². The SMILES string of the molecule is CC1CCN(C(=O)c2snc(-c3cccc(F)c3)c2N)CC1. The van der Waals surface area contributed by atoms with Crippen molar-refractivity contribution in [2.75, 3.05) is 18.8 Å². The fraction of sp³-hybridized carbons (Fsp3) is 0.375. The van der Waals surface area contributed by atoms with Crippen LogP contribution in [-0.4, -0.2) is 28.3 Å². The summed E-state index contributed by atoms with van der Waals surface area (Å²) in [6, 6.07) is 6.09. The molecule has 0 aliphatic carbocycles. The number of anilines is 1. The molecule has 0 radical (unpaired) electrons. The van der Waals surface area contributed by atoms with E-state index in [2.05, 4.69) is 11.3 Å². The third-order valence-corrected chi connectivity index (χ3v) is 4.94. The summed E-state index contributed by atoms with van der Waals surface area (Å²) in [6.07, 6.45) is 2.03. The van der Waals surface area contributed by atoms with Gasteiger partial charge in [0.25, 0.3) is 5.91 Å². The van der Waals surface area contributed by atoms with Gasteiger partial charge in [0.1, 0.15) is 16.4 Å². The molecule has 4 nitrogen and oxygen atoms in total. The highest BCUT2D eigenvalue weighted by molar-refractivity contribution is 7.09. The Labute approximate surface area is 132 Å². The van der Waals surface area contributed by atoms with Crippen molar-refractivity contribution in [3.8, 4) is 11.3 Å². The minimum atomic E-state index is -0.345. The zero-order valence-corrected chi connectivity index (χ0v) is 13.2. The molecule has 116 valence electrons. The number of benzene rings is 1. The number of nitrogens with two attached hydrogens (primary N) is 1. The van der Waals surface area contributed by atoms with Gasteiger partial charge in [0, 0.05) is 18.7 Å². The zero-order valence-electron chi connectivity index (χ0n) is 12.4. The molecule has 22 heavy (non-hydrogen) atoms. The van der Waals surface area contributed by atoms with E-state index in [9.17, 15) is 9.18 Å². The summed E-state index contributed by atoms with van der Waals surface area (Å²) in [5.74, 6) is 0.248. The van der Waals surface area contributed by atoms with Crippen LogP contribution < -0.4 is 5.73 Å². The Morgan fingerprint density at radius 1 is 1.41 bits per heavy atom. The molecule has 2 aromatic rings. The van der Waals surface area contributed by atoms with E-state index in [1.807, 2.05) is 4.90 Å². The smallest absolute Gasteiger partial charge is 0.267 e. The molecule has 1 saturated heterocycles. The van der Waals surface area contributed by atoms with E-state index in [0.717, 1.165) is 37.5 Å². The van der Waals surface area contributed by atoms with E-state index < -0.39 is 0 Å². The molecule has 1 aromatic carbocycles. The molecule has 1 aromatic heterocycles. The van der Waals surface area contributed by atoms with Gasteiger partial charge in [-0.2, -0.15) is 4.37 Å². The van der Waals surface area contributed by atoms with Crippen molar-refractivity contribution in [3.05, 3.63) is 35.0 Å². The van der Waals surface area contributed by atoms with Gasteiger partial charge in [-0.15, -0.1) is 0 Å². The molecule has 0 saturated carbocycles. The van der Waals surface area contributed by atoms with Crippen molar-refractivity contribution in [3.63, 3.8) is 0 Å². The number of piperidine rings is 1. The number of amides is 1. The number of hydrogen-bond donors (Lipinski definition) is 1. The van der Waals surface area contributed by atoms with Crippen LogP contribution in [0.1, 0.15) is 29.4 Å². The van der Waals surface area contributed by atoms with Crippen molar-refractivity contribution in [2.24, 2.45) is 5.92 Å². The first-order chi connectivity index (χ1) is 10.6. The number of nitrogens with zero attached hydrogens (tertiary/aromatic N) is 2. The van der Waals surface area contributed by atoms with Crippen molar-refractivity contribution in [1.29, 1.82) is 0 Å². The first-order valence-corrected chi connectivity index (χ1v) is 8.14. The number of carbonyl (C=O) groups excluding carboxylic acids is 1. The number of carbonyl (C=O) groups is 1. The first-order valence-electron chi connectivity index (χ1n) is 7.36. The lowest BCUT2D eigenvalue weighted by molar-refractivity contribution is 0.0703. The molecule has 0 atom stereocenters. The predicted octanol–water partition coefficient (Wildman–Crippen LogP) is 3.40. The van der Waals surface area contributed by atoms with Crippen LogP contribution in [0.3, 0.4) is 0 Å². The van der Waals surface area contributed by atoms with E-state index in [4.69, 9.17) is 5.73 Å². The number of hydrogen-bond acceptors (Lipinski definition) is 4. The fourth-order valence-electron chi connectivity index (χ4n) is 2.65. The normalized spacial score (nSPS) is 16.0. The molecule has 0 bridgehead atoms. The topological polar surface area (TPSA) is 59.2 Å². The van der Waals surface area contributed by atoms with Crippen LogP contribution >= 0.6 is 11.5 Å². The van der Waals surface area contributed by atoms with Gasteiger partial charge >= 0.3 is 0 Å². The fourth-order valence-corrected chi connectivity index (χ4v) is 3.44. The molecule has 1 amide bonds. The van der Waals surface area contributed by atoms with Crippen molar-refractivity contribution in [1.82, 2.24) is 9.27 Å². The molecular weight excluding hydrogens is 301 g/mol. The number of nitrogen functional groups attached to an aromatic ring is 1. The Morgan fingerprint density at radius 2 is 2.14 bits per heavy atom. The second-order valence-corrected chi connectivity index (χ2v) is 6.53. The van der Waals surface area contributed by atoms with Gasteiger partial charge in [-0.25, -0.2) is 4.39 Å². The summed E-state index contributed by atoms with van der Waals surface area (Å²) < 4.78 is 17.6. The molecular formula is C16H18FN3OS. The number of likely N-dealkylation sites (tertiary alicyclic amines) is 1. The monoisotopic (exact) mass is 319 g/mol. The van der Waals surface area contributed by atoms with Crippen LogP contribution in [0.5, 0.6) is 0 Å². The van der Waals surface area contributed by atoms with Crippen molar-refractivity contribution < 1.29 is 9.18 Å². The summed E-state index contributed by atoms with van der Waals surface area (Å²) in [5.41, 5.74) is 7.53. The molecule has 0 unspecified atom stereocenters. The highest BCUT2D eigenvalue weighted by Crippen LogP contribution is 2.32. The van der Waals surface area contributed by atoms with Crippen LogP contribution in [0.15, 0.2) is 24.3 Å². The average molecular weight is 319 g/mol. The molecule has 1 aliphatic rings. The predicted molar refractivity (Wildman–Crippen MR) is 86.2 cm³/mol. The molecule has 1 aliphatic heterocycles. The Bertz CT molecular complexity index is 692. The van der Waals surface area contributed by atoms with Gasteiger partial charge in [0.15, 0.2) is 0 Å². The molecule has 3 rings (SSSR count). The van der Waals surface area contributed by atoms with Gasteiger partial charge in [-0.05, 0) is 42.4 Å². The third-order valence-electron chi connectivity index (χ3n) is 4.09. The van der Waals surface area contributed by atoms with Crippen LogP contribution in [0.4, 0.5) is 10.1 Å². The minimum Gasteiger partial charge on any atom is -0.396 e. The third kappa shape index (κ3) is 2.83. The lowest BCUT2D eigenvalue weighted by Crippen LogP contribution is -2.37. The maximum absolute atomic E-state index is 13.3.